The topological polar surface area (TPSA) is 40.5 Å². The van der Waals surface area contributed by atoms with Gasteiger partial charge in [-0.2, -0.15) is 0 Å². The van der Waals surface area contributed by atoms with Crippen molar-refractivity contribution in [2.45, 2.75) is 32.1 Å². The molecule has 2 N–H and O–H groups in total. The molecular weight excluding hydrogens is 236 g/mol. The van der Waals surface area contributed by atoms with Gasteiger partial charge in [-0.3, -0.25) is 0 Å². The smallest absolute Gasteiger partial charge is 0.0496 e. The van der Waals surface area contributed by atoms with Gasteiger partial charge in [-0.15, -0.1) is 0 Å². The number of benzene rings is 1. The molecule has 1 aliphatic carbocycles. The van der Waals surface area contributed by atoms with E-state index in [9.17, 15) is 10.2 Å². The second-order valence-corrected chi connectivity index (χ2v) is 5.48. The molecule has 0 spiro atoms. The van der Waals surface area contributed by atoms with Gasteiger partial charge in [0.25, 0.3) is 0 Å². The van der Waals surface area contributed by atoms with E-state index in [2.05, 4.69) is 30.3 Å². The van der Waals surface area contributed by atoms with Gasteiger partial charge in [0.1, 0.15) is 0 Å². The second kappa shape index (κ2) is 7.46. The lowest BCUT2D eigenvalue weighted by Gasteiger charge is -2.27. The Labute approximate surface area is 115 Å². The van der Waals surface area contributed by atoms with Gasteiger partial charge in [0.05, 0.1) is 0 Å². The highest BCUT2D eigenvalue weighted by Gasteiger charge is 2.21. The Kier molecular flexibility index (Phi) is 5.62. The van der Waals surface area contributed by atoms with E-state index < -0.39 is 0 Å². The van der Waals surface area contributed by atoms with E-state index in [0.717, 1.165) is 32.1 Å². The number of hydrogen-bond donors (Lipinski definition) is 2. The predicted molar refractivity (Wildman–Crippen MR) is 77.8 cm³/mol. The van der Waals surface area contributed by atoms with Crippen LogP contribution in [0.15, 0.2) is 42.0 Å². The second-order valence-electron chi connectivity index (χ2n) is 5.48. The van der Waals surface area contributed by atoms with Crippen molar-refractivity contribution in [2.75, 3.05) is 13.2 Å². The molecule has 2 rings (SSSR count). The predicted octanol–water partition coefficient (Wildman–Crippen LogP) is 2.95. The van der Waals surface area contributed by atoms with Crippen molar-refractivity contribution in [3.8, 4) is 0 Å². The minimum atomic E-state index is 0.236. The average Bonchev–Trinajstić information content (AvgIpc) is 2.48. The van der Waals surface area contributed by atoms with Crippen LogP contribution in [0.2, 0.25) is 0 Å². The van der Waals surface area contributed by atoms with Crippen molar-refractivity contribution in [3.05, 3.63) is 47.5 Å². The van der Waals surface area contributed by atoms with Crippen LogP contribution < -0.4 is 0 Å². The number of aliphatic hydroxyl groups excluding tert-OH is 2. The van der Waals surface area contributed by atoms with Gasteiger partial charge in [0.15, 0.2) is 0 Å². The maximum absolute atomic E-state index is 9.43. The Bertz CT molecular complexity index is 397. The molecule has 2 nitrogen and oxygen atoms in total. The lowest BCUT2D eigenvalue weighted by Crippen LogP contribution is -2.19. The van der Waals surface area contributed by atoms with E-state index in [-0.39, 0.29) is 13.2 Å². The van der Waals surface area contributed by atoms with Crippen LogP contribution in [0.4, 0.5) is 0 Å². The summed E-state index contributed by atoms with van der Waals surface area (Å²) in [4.78, 5) is 0. The van der Waals surface area contributed by atoms with Crippen LogP contribution >= 0.6 is 0 Å². The third-order valence-electron chi connectivity index (χ3n) is 4.09. The maximum atomic E-state index is 9.43. The quantitative estimate of drug-likeness (QED) is 0.772. The van der Waals surface area contributed by atoms with Crippen molar-refractivity contribution >= 4 is 0 Å². The summed E-state index contributed by atoms with van der Waals surface area (Å²) in [5.41, 5.74) is 2.72. The molecule has 2 heteroatoms. The van der Waals surface area contributed by atoms with Gasteiger partial charge >= 0.3 is 0 Å². The van der Waals surface area contributed by atoms with Crippen LogP contribution in [-0.4, -0.2) is 23.4 Å². The van der Waals surface area contributed by atoms with Crippen molar-refractivity contribution in [2.24, 2.45) is 11.8 Å². The average molecular weight is 260 g/mol. The van der Waals surface area contributed by atoms with Gasteiger partial charge in [0.2, 0.25) is 0 Å². The summed E-state index contributed by atoms with van der Waals surface area (Å²) in [7, 11) is 0. The van der Waals surface area contributed by atoms with Gasteiger partial charge < -0.3 is 10.2 Å². The Morgan fingerprint density at radius 2 is 1.74 bits per heavy atom. The molecule has 1 aromatic carbocycles. The highest BCUT2D eigenvalue weighted by molar-refractivity contribution is 5.16. The lowest BCUT2D eigenvalue weighted by molar-refractivity contribution is 0.196. The zero-order chi connectivity index (χ0) is 13.5. The molecule has 0 radical (unpaired) electrons. The van der Waals surface area contributed by atoms with Crippen LogP contribution in [0.3, 0.4) is 0 Å². The first-order valence-corrected chi connectivity index (χ1v) is 7.29. The Morgan fingerprint density at radius 1 is 0.947 bits per heavy atom. The number of aliphatic hydroxyl groups is 2. The van der Waals surface area contributed by atoms with Gasteiger partial charge in [-0.1, -0.05) is 42.0 Å². The standard InChI is InChI=1S/C17H24O2/c18-12-15-9-10-17(13-19)16(11-15)8-4-7-14-5-2-1-3-6-14/h1-3,5-6,11,15,17-19H,4,7-10,12-13H2/t15-,17-/m0/s1. The third-order valence-corrected chi connectivity index (χ3v) is 4.09. The fraction of sp³-hybridized carbons (Fsp3) is 0.529. The van der Waals surface area contributed by atoms with Crippen LogP contribution in [0, 0.1) is 11.8 Å². The molecule has 0 bridgehead atoms. The van der Waals surface area contributed by atoms with Crippen molar-refractivity contribution < 1.29 is 10.2 Å². The molecule has 1 aromatic rings. The molecule has 0 aliphatic heterocycles. The number of aryl methyl sites for hydroxylation is 1. The molecule has 0 unspecified atom stereocenters. The minimum absolute atomic E-state index is 0.236. The van der Waals surface area contributed by atoms with E-state index in [1.165, 1.54) is 11.1 Å². The van der Waals surface area contributed by atoms with Crippen LogP contribution in [0.1, 0.15) is 31.2 Å². The van der Waals surface area contributed by atoms with Crippen molar-refractivity contribution in [1.82, 2.24) is 0 Å². The third kappa shape index (κ3) is 4.19. The molecule has 0 amide bonds. The molecule has 104 valence electrons. The SMILES string of the molecule is OC[C@@H]1C=C(CCCc2ccccc2)[C@H](CO)CC1. The molecule has 0 fully saturated rings. The van der Waals surface area contributed by atoms with E-state index >= 15 is 0 Å². The highest BCUT2D eigenvalue weighted by Crippen LogP contribution is 2.31. The molecule has 0 aromatic heterocycles. The first-order valence-electron chi connectivity index (χ1n) is 7.29. The van der Waals surface area contributed by atoms with Crippen molar-refractivity contribution in [3.63, 3.8) is 0 Å². The molecule has 2 atom stereocenters. The van der Waals surface area contributed by atoms with E-state index in [1.807, 2.05) is 6.07 Å². The number of hydrogen-bond acceptors (Lipinski definition) is 2. The molecule has 1 aliphatic rings. The maximum Gasteiger partial charge on any atom is 0.0496 e. The zero-order valence-corrected chi connectivity index (χ0v) is 11.5. The first-order chi connectivity index (χ1) is 9.33. The number of rotatable bonds is 6. The summed E-state index contributed by atoms with van der Waals surface area (Å²) >= 11 is 0. The van der Waals surface area contributed by atoms with Crippen molar-refractivity contribution in [1.29, 1.82) is 0 Å². The summed E-state index contributed by atoms with van der Waals surface area (Å²) in [6.45, 7) is 0.482. The van der Waals surface area contributed by atoms with Gasteiger partial charge in [0, 0.05) is 25.0 Å². The summed E-state index contributed by atoms with van der Waals surface area (Å²) in [6, 6.07) is 10.5. The monoisotopic (exact) mass is 260 g/mol. The van der Waals surface area contributed by atoms with Crippen LogP contribution in [-0.2, 0) is 6.42 Å². The Morgan fingerprint density at radius 3 is 2.42 bits per heavy atom. The minimum Gasteiger partial charge on any atom is -0.396 e. The normalized spacial score (nSPS) is 23.2. The molecule has 0 saturated heterocycles. The van der Waals surface area contributed by atoms with Gasteiger partial charge in [-0.25, -0.2) is 0 Å². The van der Waals surface area contributed by atoms with Crippen LogP contribution in [0.25, 0.3) is 0 Å². The Hall–Kier alpha value is -1.12. The fourth-order valence-corrected chi connectivity index (χ4v) is 2.90. The largest absolute Gasteiger partial charge is 0.396 e. The van der Waals surface area contributed by atoms with E-state index in [1.54, 1.807) is 0 Å². The van der Waals surface area contributed by atoms with Crippen LogP contribution in [0.5, 0.6) is 0 Å². The lowest BCUT2D eigenvalue weighted by atomic mass is 9.81. The molecule has 0 heterocycles. The van der Waals surface area contributed by atoms with E-state index in [4.69, 9.17) is 0 Å². The molecule has 0 saturated carbocycles. The highest BCUT2D eigenvalue weighted by atomic mass is 16.3. The van der Waals surface area contributed by atoms with E-state index in [0.29, 0.717) is 11.8 Å². The first kappa shape index (κ1) is 14.3. The van der Waals surface area contributed by atoms with Gasteiger partial charge in [-0.05, 0) is 37.7 Å². The summed E-state index contributed by atoms with van der Waals surface area (Å²) in [5.74, 6) is 0.619. The summed E-state index contributed by atoms with van der Waals surface area (Å²) in [6.07, 6.45) is 7.46. The fourth-order valence-electron chi connectivity index (χ4n) is 2.90. The zero-order valence-electron chi connectivity index (χ0n) is 11.5. The summed E-state index contributed by atoms with van der Waals surface area (Å²) in [5, 5.41) is 18.7. The Balaban J connectivity index is 1.87. The molecular formula is C17H24O2. The molecule has 19 heavy (non-hydrogen) atoms. The summed E-state index contributed by atoms with van der Waals surface area (Å²) < 4.78 is 0.